The van der Waals surface area contributed by atoms with Gasteiger partial charge in [-0.1, -0.05) is 55.7 Å². The molecule has 0 bridgehead atoms. The second-order valence-corrected chi connectivity index (χ2v) is 10.5. The molecule has 1 aromatic heterocycles. The zero-order chi connectivity index (χ0) is 26.0. The zero-order valence-corrected chi connectivity index (χ0v) is 22.2. The molecule has 7 nitrogen and oxygen atoms in total. The van der Waals surface area contributed by atoms with E-state index in [1.807, 2.05) is 37.3 Å². The molecule has 8 heteroatoms. The maximum atomic E-state index is 14.5. The van der Waals surface area contributed by atoms with Crippen LogP contribution in [0.2, 0.25) is 0 Å². The van der Waals surface area contributed by atoms with Gasteiger partial charge in [0.15, 0.2) is 5.11 Å². The van der Waals surface area contributed by atoms with Gasteiger partial charge in [-0.05, 0) is 68.2 Å². The van der Waals surface area contributed by atoms with Gasteiger partial charge < -0.3 is 10.1 Å². The Balaban J connectivity index is 1.67. The molecule has 0 saturated heterocycles. The molecule has 5 rings (SSSR count). The third kappa shape index (κ3) is 4.85. The second kappa shape index (κ2) is 10.4. The predicted octanol–water partition coefficient (Wildman–Crippen LogP) is 5.03. The number of aromatic nitrogens is 2. The fourth-order valence-electron chi connectivity index (χ4n) is 5.65. The minimum Gasteiger partial charge on any atom is -0.497 e. The number of benzene rings is 2. The number of fused-ring (bicyclic) bond motifs is 4. The summed E-state index contributed by atoms with van der Waals surface area (Å²) in [4.78, 5) is 19.6. The summed E-state index contributed by atoms with van der Waals surface area (Å²) in [6.07, 6.45) is 6.30. The predicted molar refractivity (Wildman–Crippen MR) is 152 cm³/mol. The lowest BCUT2D eigenvalue weighted by Crippen LogP contribution is -2.45. The van der Waals surface area contributed by atoms with Gasteiger partial charge in [0, 0.05) is 17.5 Å². The van der Waals surface area contributed by atoms with Gasteiger partial charge in [-0.15, -0.1) is 0 Å². The highest BCUT2D eigenvalue weighted by atomic mass is 32.1. The lowest BCUT2D eigenvalue weighted by Gasteiger charge is -2.42. The molecule has 0 atom stereocenters. The standard InChI is InChI=1S/C29H33N5O2S/c1-19(2)18-30-28(37)33-32-27-31-25-23-10-6-5-9-20(23)17-29(15-7-4-8-16-29)24(25)26(35)34(27)21-11-13-22(36-3)14-12-21/h5-6,9-14H,1,4,7-8,15-18H2,2-3H3,(H,31,32)(H2,30,33,37). The van der Waals surface area contributed by atoms with Crippen LogP contribution in [0, 0.1) is 0 Å². The Bertz CT molecular complexity index is 1390. The van der Waals surface area contributed by atoms with E-state index in [9.17, 15) is 4.79 Å². The van der Waals surface area contributed by atoms with E-state index in [0.717, 1.165) is 60.2 Å². The van der Waals surface area contributed by atoms with E-state index in [-0.39, 0.29) is 11.0 Å². The number of methoxy groups -OCH3 is 1. The highest BCUT2D eigenvalue weighted by Crippen LogP contribution is 2.48. The largest absolute Gasteiger partial charge is 0.497 e. The first kappa shape index (κ1) is 25.0. The van der Waals surface area contributed by atoms with Crippen molar-refractivity contribution in [2.24, 2.45) is 0 Å². The van der Waals surface area contributed by atoms with Gasteiger partial charge in [0.05, 0.1) is 24.1 Å². The average Bonchev–Trinajstić information content (AvgIpc) is 2.91. The van der Waals surface area contributed by atoms with Crippen molar-refractivity contribution in [3.8, 4) is 22.7 Å². The molecule has 2 aromatic carbocycles. The second-order valence-electron chi connectivity index (χ2n) is 10.1. The SMILES string of the molecule is C=C(C)CNC(=S)NNc1nc2c(c(=O)n1-c1ccc(OC)cc1)C1(CCCCC1)Cc1ccccc1-2. The highest BCUT2D eigenvalue weighted by molar-refractivity contribution is 7.80. The monoisotopic (exact) mass is 515 g/mol. The maximum absolute atomic E-state index is 14.5. The van der Waals surface area contributed by atoms with Gasteiger partial charge in [0.2, 0.25) is 5.95 Å². The quantitative estimate of drug-likeness (QED) is 0.241. The van der Waals surface area contributed by atoms with Crippen LogP contribution in [0.15, 0.2) is 65.5 Å². The summed E-state index contributed by atoms with van der Waals surface area (Å²) in [6.45, 7) is 6.37. The van der Waals surface area contributed by atoms with Crippen molar-refractivity contribution in [1.82, 2.24) is 20.3 Å². The molecule has 1 spiro atoms. The van der Waals surface area contributed by atoms with Crippen LogP contribution in [0.3, 0.4) is 0 Å². The molecule has 0 aliphatic heterocycles. The Hall–Kier alpha value is -3.65. The van der Waals surface area contributed by atoms with E-state index in [1.54, 1.807) is 11.7 Å². The third-order valence-corrected chi connectivity index (χ3v) is 7.64. The normalized spacial score (nSPS) is 15.3. The topological polar surface area (TPSA) is 80.2 Å². The number of hydrazine groups is 1. The van der Waals surface area contributed by atoms with Gasteiger partial charge in [0.25, 0.3) is 5.56 Å². The van der Waals surface area contributed by atoms with Gasteiger partial charge in [0.1, 0.15) is 5.75 Å². The van der Waals surface area contributed by atoms with E-state index < -0.39 is 0 Å². The summed E-state index contributed by atoms with van der Waals surface area (Å²) < 4.78 is 7.00. The Morgan fingerprint density at radius 2 is 1.86 bits per heavy atom. The van der Waals surface area contributed by atoms with E-state index in [0.29, 0.717) is 23.3 Å². The first-order valence-corrected chi connectivity index (χ1v) is 13.2. The average molecular weight is 516 g/mol. The highest BCUT2D eigenvalue weighted by Gasteiger charge is 2.43. The van der Waals surface area contributed by atoms with Gasteiger partial charge in [-0.25, -0.2) is 9.55 Å². The molecule has 2 aliphatic carbocycles. The lowest BCUT2D eigenvalue weighted by atomic mass is 9.62. The first-order valence-electron chi connectivity index (χ1n) is 12.8. The van der Waals surface area contributed by atoms with Crippen molar-refractivity contribution in [1.29, 1.82) is 0 Å². The molecule has 1 saturated carbocycles. The summed E-state index contributed by atoms with van der Waals surface area (Å²) in [7, 11) is 1.63. The van der Waals surface area contributed by atoms with Crippen LogP contribution in [0.5, 0.6) is 5.75 Å². The number of rotatable bonds is 6. The van der Waals surface area contributed by atoms with Crippen LogP contribution >= 0.6 is 12.2 Å². The fourth-order valence-corrected chi connectivity index (χ4v) is 5.77. The van der Waals surface area contributed by atoms with Crippen LogP contribution in [-0.4, -0.2) is 28.3 Å². The molecular weight excluding hydrogens is 482 g/mol. The molecular formula is C29H33N5O2S. The molecule has 2 aliphatic rings. The molecule has 37 heavy (non-hydrogen) atoms. The minimum atomic E-state index is -0.204. The van der Waals surface area contributed by atoms with E-state index in [4.69, 9.17) is 21.9 Å². The summed E-state index contributed by atoms with van der Waals surface area (Å²) in [5, 5.41) is 3.48. The number of ether oxygens (including phenoxy) is 1. The first-order chi connectivity index (χ1) is 17.9. The van der Waals surface area contributed by atoms with Crippen LogP contribution < -0.4 is 26.5 Å². The van der Waals surface area contributed by atoms with Crippen LogP contribution in [-0.2, 0) is 11.8 Å². The Morgan fingerprint density at radius 1 is 1.14 bits per heavy atom. The molecule has 0 amide bonds. The lowest BCUT2D eigenvalue weighted by molar-refractivity contribution is 0.284. The van der Waals surface area contributed by atoms with Gasteiger partial charge >= 0.3 is 0 Å². The number of hydrogen-bond donors (Lipinski definition) is 3. The maximum Gasteiger partial charge on any atom is 0.263 e. The van der Waals surface area contributed by atoms with Crippen LogP contribution in [0.1, 0.15) is 50.2 Å². The van der Waals surface area contributed by atoms with E-state index in [1.165, 1.54) is 12.0 Å². The number of nitrogens with one attached hydrogen (secondary N) is 3. The molecule has 3 aromatic rings. The Labute approximate surface area is 222 Å². The van der Waals surface area contributed by atoms with Crippen molar-refractivity contribution in [3.63, 3.8) is 0 Å². The summed E-state index contributed by atoms with van der Waals surface area (Å²) in [5.41, 5.74) is 11.4. The van der Waals surface area contributed by atoms with Crippen LogP contribution in [0.25, 0.3) is 16.9 Å². The van der Waals surface area contributed by atoms with Crippen molar-refractivity contribution < 1.29 is 4.74 Å². The molecule has 0 radical (unpaired) electrons. The summed E-state index contributed by atoms with van der Waals surface area (Å²) in [5.74, 6) is 1.09. The number of hydrogen-bond acceptors (Lipinski definition) is 5. The molecule has 3 N–H and O–H groups in total. The van der Waals surface area contributed by atoms with E-state index >= 15 is 0 Å². The van der Waals surface area contributed by atoms with Crippen molar-refractivity contribution >= 4 is 23.3 Å². The zero-order valence-electron chi connectivity index (χ0n) is 21.4. The number of thiocarbonyl (C=S) groups is 1. The van der Waals surface area contributed by atoms with Crippen molar-refractivity contribution in [2.75, 3.05) is 19.1 Å². The van der Waals surface area contributed by atoms with Crippen molar-refractivity contribution in [3.05, 3.63) is 82.2 Å². The van der Waals surface area contributed by atoms with Crippen LogP contribution in [0.4, 0.5) is 5.95 Å². The molecule has 0 unspecified atom stereocenters. The van der Waals surface area contributed by atoms with E-state index in [2.05, 4.69) is 40.9 Å². The third-order valence-electron chi connectivity index (χ3n) is 7.39. The Morgan fingerprint density at radius 3 is 2.57 bits per heavy atom. The van der Waals surface area contributed by atoms with Crippen molar-refractivity contribution in [2.45, 2.75) is 50.9 Å². The Kier molecular flexibility index (Phi) is 7.02. The molecule has 1 heterocycles. The number of anilines is 1. The molecule has 1 fully saturated rings. The van der Waals surface area contributed by atoms with Gasteiger partial charge in [-0.3, -0.25) is 15.6 Å². The summed E-state index contributed by atoms with van der Waals surface area (Å²) >= 11 is 5.42. The minimum absolute atomic E-state index is 0.0447. The number of nitrogens with zero attached hydrogens (tertiary/aromatic N) is 2. The smallest absolute Gasteiger partial charge is 0.263 e. The fraction of sp³-hybridized carbons (Fsp3) is 0.345. The summed E-state index contributed by atoms with van der Waals surface area (Å²) in [6, 6.07) is 15.8. The molecule has 192 valence electrons. The van der Waals surface area contributed by atoms with Gasteiger partial charge in [-0.2, -0.15) is 0 Å².